The van der Waals surface area contributed by atoms with Crippen molar-refractivity contribution in [2.75, 3.05) is 6.61 Å². The number of rotatable bonds is 6. The summed E-state index contributed by atoms with van der Waals surface area (Å²) in [4.78, 5) is 12.0. The molecule has 0 amide bonds. The van der Waals surface area contributed by atoms with E-state index in [0.717, 1.165) is 39.2 Å². The van der Waals surface area contributed by atoms with Gasteiger partial charge in [-0.05, 0) is 49.6 Å². The van der Waals surface area contributed by atoms with Crippen LogP contribution in [-0.4, -0.2) is 17.0 Å². The first-order valence-electron chi connectivity index (χ1n) is 8.52. The van der Waals surface area contributed by atoms with Crippen LogP contribution in [0.5, 0.6) is 5.75 Å². The van der Waals surface area contributed by atoms with Crippen LogP contribution < -0.4 is 4.74 Å². The summed E-state index contributed by atoms with van der Waals surface area (Å²) in [6.07, 6.45) is 2.87. The topological polar surface area (TPSA) is 31.2 Å². The number of hydrogen-bond acceptors (Lipinski definition) is 2. The number of ether oxygens (including phenoxy) is 1. The average molecular weight is 356 g/mol. The Morgan fingerprint density at radius 1 is 1.24 bits per heavy atom. The molecule has 2 aromatic carbocycles. The number of hydrogen-bond donors (Lipinski definition) is 0. The van der Waals surface area contributed by atoms with Crippen molar-refractivity contribution < 1.29 is 9.53 Å². The van der Waals surface area contributed by atoms with Crippen molar-refractivity contribution in [2.24, 2.45) is 0 Å². The van der Waals surface area contributed by atoms with Gasteiger partial charge in [-0.15, -0.1) is 0 Å². The van der Waals surface area contributed by atoms with Crippen LogP contribution in [0.15, 0.2) is 42.6 Å². The maximum Gasteiger partial charge on any atom is 0.161 e. The summed E-state index contributed by atoms with van der Waals surface area (Å²) >= 11 is 6.05. The standard InChI is InChI=1S/C21H22ClNO2/c1-4-16-6-5-7-18-19(15(3)24)13-23(21(16)18)10-11-25-17-8-9-20(22)14(2)12-17/h5-9,12-13H,4,10-11H2,1-3H3. The monoisotopic (exact) mass is 355 g/mol. The molecule has 0 radical (unpaired) electrons. The number of ketones is 1. The molecule has 0 unspecified atom stereocenters. The normalized spacial score (nSPS) is 11.0. The van der Waals surface area contributed by atoms with Gasteiger partial charge in [0.1, 0.15) is 12.4 Å². The zero-order valence-electron chi connectivity index (χ0n) is 14.8. The molecule has 0 N–H and O–H groups in total. The summed E-state index contributed by atoms with van der Waals surface area (Å²) in [6, 6.07) is 11.8. The van der Waals surface area contributed by atoms with Crippen LogP contribution in [0.3, 0.4) is 0 Å². The number of carbonyl (C=O) groups excluding carboxylic acids is 1. The molecule has 0 aliphatic heterocycles. The number of carbonyl (C=O) groups is 1. The van der Waals surface area contributed by atoms with E-state index in [9.17, 15) is 4.79 Å². The minimum absolute atomic E-state index is 0.0891. The molecule has 25 heavy (non-hydrogen) atoms. The van der Waals surface area contributed by atoms with Gasteiger partial charge in [-0.1, -0.05) is 36.7 Å². The molecule has 3 rings (SSSR count). The van der Waals surface area contributed by atoms with Crippen molar-refractivity contribution in [1.29, 1.82) is 0 Å². The molecule has 1 aromatic heterocycles. The fourth-order valence-electron chi connectivity index (χ4n) is 3.15. The Balaban J connectivity index is 1.85. The molecule has 1 heterocycles. The molecule has 0 bridgehead atoms. The third-order valence-corrected chi connectivity index (χ3v) is 4.90. The van der Waals surface area contributed by atoms with Crippen LogP contribution in [0.1, 0.15) is 35.3 Å². The molecule has 0 aliphatic carbocycles. The summed E-state index contributed by atoms with van der Waals surface area (Å²) in [7, 11) is 0. The smallest absolute Gasteiger partial charge is 0.161 e. The van der Waals surface area contributed by atoms with Crippen molar-refractivity contribution >= 4 is 28.3 Å². The van der Waals surface area contributed by atoms with Gasteiger partial charge in [-0.25, -0.2) is 0 Å². The van der Waals surface area contributed by atoms with Gasteiger partial charge < -0.3 is 9.30 Å². The van der Waals surface area contributed by atoms with E-state index in [4.69, 9.17) is 16.3 Å². The lowest BCUT2D eigenvalue weighted by Gasteiger charge is -2.11. The number of Topliss-reactive ketones (excluding diaryl/α,β-unsaturated/α-hetero) is 1. The Labute approximate surface area is 153 Å². The number of aromatic nitrogens is 1. The van der Waals surface area contributed by atoms with Gasteiger partial charge in [0.25, 0.3) is 0 Å². The largest absolute Gasteiger partial charge is 0.492 e. The third kappa shape index (κ3) is 3.57. The zero-order valence-corrected chi connectivity index (χ0v) is 15.6. The highest BCUT2D eigenvalue weighted by Gasteiger charge is 2.14. The summed E-state index contributed by atoms with van der Waals surface area (Å²) < 4.78 is 8.01. The Morgan fingerprint density at radius 3 is 2.72 bits per heavy atom. The second kappa shape index (κ2) is 7.32. The van der Waals surface area contributed by atoms with E-state index >= 15 is 0 Å². The summed E-state index contributed by atoms with van der Waals surface area (Å²) in [5.41, 5.74) is 4.14. The Morgan fingerprint density at radius 2 is 2.04 bits per heavy atom. The summed E-state index contributed by atoms with van der Waals surface area (Å²) in [5.74, 6) is 0.895. The van der Waals surface area contributed by atoms with Crippen molar-refractivity contribution in [3.63, 3.8) is 0 Å². The second-order valence-corrected chi connectivity index (χ2v) is 6.63. The van der Waals surface area contributed by atoms with Crippen LogP contribution in [-0.2, 0) is 13.0 Å². The van der Waals surface area contributed by atoms with Gasteiger partial charge >= 0.3 is 0 Å². The van der Waals surface area contributed by atoms with Gasteiger partial charge in [0.15, 0.2) is 5.78 Å². The lowest BCUT2D eigenvalue weighted by molar-refractivity contribution is 0.101. The molecule has 0 saturated carbocycles. The number of para-hydroxylation sites is 1. The lowest BCUT2D eigenvalue weighted by Crippen LogP contribution is -2.08. The van der Waals surface area contributed by atoms with E-state index in [2.05, 4.69) is 17.6 Å². The van der Waals surface area contributed by atoms with E-state index in [1.54, 1.807) is 6.92 Å². The maximum atomic E-state index is 12.0. The van der Waals surface area contributed by atoms with E-state index in [-0.39, 0.29) is 5.78 Å². The molecule has 0 aliphatic rings. The first kappa shape index (κ1) is 17.6. The van der Waals surface area contributed by atoms with Gasteiger partial charge in [-0.2, -0.15) is 0 Å². The fraction of sp³-hybridized carbons (Fsp3) is 0.286. The summed E-state index contributed by atoms with van der Waals surface area (Å²) in [6.45, 7) is 6.92. The zero-order chi connectivity index (χ0) is 18.0. The van der Waals surface area contributed by atoms with Gasteiger partial charge in [0, 0.05) is 22.2 Å². The summed E-state index contributed by atoms with van der Waals surface area (Å²) in [5, 5.41) is 1.76. The third-order valence-electron chi connectivity index (χ3n) is 4.47. The minimum Gasteiger partial charge on any atom is -0.492 e. The van der Waals surface area contributed by atoms with E-state index < -0.39 is 0 Å². The molecule has 0 saturated heterocycles. The predicted molar refractivity (Wildman–Crippen MR) is 103 cm³/mol. The highest BCUT2D eigenvalue weighted by atomic mass is 35.5. The first-order valence-corrected chi connectivity index (χ1v) is 8.89. The predicted octanol–water partition coefficient (Wildman–Crippen LogP) is 5.45. The fourth-order valence-corrected chi connectivity index (χ4v) is 3.27. The molecule has 130 valence electrons. The Bertz CT molecular complexity index is 927. The van der Waals surface area contributed by atoms with Crippen LogP contribution in [0.2, 0.25) is 5.02 Å². The van der Waals surface area contributed by atoms with Crippen molar-refractivity contribution in [2.45, 2.75) is 33.7 Å². The molecule has 0 spiro atoms. The van der Waals surface area contributed by atoms with Crippen molar-refractivity contribution in [3.05, 3.63) is 64.3 Å². The van der Waals surface area contributed by atoms with Gasteiger partial charge in [0.2, 0.25) is 0 Å². The van der Waals surface area contributed by atoms with Gasteiger partial charge in [0.05, 0.1) is 12.1 Å². The highest BCUT2D eigenvalue weighted by molar-refractivity contribution is 6.31. The number of nitrogens with zero attached hydrogens (tertiary/aromatic N) is 1. The number of benzene rings is 2. The molecule has 4 heteroatoms. The molecular formula is C21H22ClNO2. The van der Waals surface area contributed by atoms with E-state index in [1.165, 1.54) is 5.56 Å². The molecule has 0 atom stereocenters. The molecule has 0 fully saturated rings. The average Bonchev–Trinajstić information content (AvgIpc) is 2.97. The number of fused-ring (bicyclic) bond motifs is 1. The second-order valence-electron chi connectivity index (χ2n) is 6.22. The molecule has 3 nitrogen and oxygen atoms in total. The highest BCUT2D eigenvalue weighted by Crippen LogP contribution is 2.26. The lowest BCUT2D eigenvalue weighted by atomic mass is 10.1. The van der Waals surface area contributed by atoms with Gasteiger partial charge in [-0.3, -0.25) is 4.79 Å². The molecule has 3 aromatic rings. The van der Waals surface area contributed by atoms with Crippen molar-refractivity contribution in [1.82, 2.24) is 4.57 Å². The Hall–Kier alpha value is -2.26. The van der Waals surface area contributed by atoms with Crippen molar-refractivity contribution in [3.8, 4) is 5.75 Å². The maximum absolute atomic E-state index is 12.0. The minimum atomic E-state index is 0.0891. The van der Waals surface area contributed by atoms with Crippen LogP contribution >= 0.6 is 11.6 Å². The quantitative estimate of drug-likeness (QED) is 0.551. The van der Waals surface area contributed by atoms with E-state index in [0.29, 0.717) is 13.2 Å². The number of halogens is 1. The number of aryl methyl sites for hydroxylation is 2. The van der Waals surface area contributed by atoms with Crippen LogP contribution in [0.4, 0.5) is 0 Å². The van der Waals surface area contributed by atoms with E-state index in [1.807, 2.05) is 43.5 Å². The van der Waals surface area contributed by atoms with Crippen LogP contribution in [0.25, 0.3) is 10.9 Å². The first-order chi connectivity index (χ1) is 12.0. The van der Waals surface area contributed by atoms with Crippen LogP contribution in [0, 0.1) is 6.92 Å². The SMILES string of the molecule is CCc1cccc2c(C(C)=O)cn(CCOc3ccc(Cl)c(C)c3)c12. The molecular weight excluding hydrogens is 334 g/mol. The Kier molecular flexibility index (Phi) is 5.14.